The number of fused-ring (bicyclic) bond motifs is 1. The van der Waals surface area contributed by atoms with Crippen molar-refractivity contribution >= 4 is 22.6 Å². The van der Waals surface area contributed by atoms with E-state index in [-0.39, 0.29) is 34.9 Å². The highest BCUT2D eigenvalue weighted by molar-refractivity contribution is 6.00. The zero-order valence-electron chi connectivity index (χ0n) is 19.6. The molecule has 0 amide bonds. The quantitative estimate of drug-likeness (QED) is 0.345. The van der Waals surface area contributed by atoms with Crippen LogP contribution >= 0.6 is 0 Å². The van der Waals surface area contributed by atoms with E-state index < -0.39 is 17.6 Å². The van der Waals surface area contributed by atoms with Crippen molar-refractivity contribution in [3.8, 4) is 5.75 Å². The number of benzene rings is 2. The molecule has 4 aromatic rings. The average Bonchev–Trinajstić information content (AvgIpc) is 3.42. The third kappa shape index (κ3) is 5.03. The van der Waals surface area contributed by atoms with Gasteiger partial charge in [0.25, 0.3) is 0 Å². The molecule has 0 bridgehead atoms. The molecule has 1 aliphatic rings. The number of hydrogen-bond acceptors (Lipinski definition) is 7. The van der Waals surface area contributed by atoms with Crippen LogP contribution in [0.4, 0.5) is 14.7 Å². The Morgan fingerprint density at radius 3 is 2.75 bits per heavy atom. The molecule has 2 N–H and O–H groups in total. The van der Waals surface area contributed by atoms with Crippen molar-refractivity contribution in [1.29, 1.82) is 0 Å². The van der Waals surface area contributed by atoms with Gasteiger partial charge in [-0.25, -0.2) is 23.7 Å². The van der Waals surface area contributed by atoms with E-state index in [1.54, 1.807) is 24.5 Å². The number of H-pyrrole nitrogens is 1. The molecule has 2 aromatic carbocycles. The fraction of sp³-hybridized carbons (Fsp3) is 0.308. The van der Waals surface area contributed by atoms with Gasteiger partial charge in [0.1, 0.15) is 11.6 Å². The molecule has 10 heteroatoms. The number of ether oxygens (including phenoxy) is 2. The molecule has 0 spiro atoms. The van der Waals surface area contributed by atoms with Gasteiger partial charge in [-0.3, -0.25) is 4.79 Å². The van der Waals surface area contributed by atoms with E-state index in [0.717, 1.165) is 12.8 Å². The molecule has 1 atom stereocenters. The average molecular weight is 494 g/mol. The van der Waals surface area contributed by atoms with Crippen LogP contribution in [0, 0.1) is 11.6 Å². The van der Waals surface area contributed by atoms with Crippen LogP contribution < -0.4 is 10.1 Å². The summed E-state index contributed by atoms with van der Waals surface area (Å²) in [6.07, 6.45) is 6.21. The van der Waals surface area contributed by atoms with E-state index in [0.29, 0.717) is 36.1 Å². The maximum Gasteiger partial charge on any atom is 0.223 e. The maximum absolute atomic E-state index is 14.9. The fourth-order valence-electron chi connectivity index (χ4n) is 4.39. The molecule has 1 saturated heterocycles. The molecule has 8 nitrogen and oxygen atoms in total. The van der Waals surface area contributed by atoms with Crippen molar-refractivity contribution in [2.24, 2.45) is 0 Å². The molecule has 5 rings (SSSR count). The molecule has 0 radical (unpaired) electrons. The third-order valence-corrected chi connectivity index (χ3v) is 6.34. The number of nitrogens with zero attached hydrogens (tertiary/aromatic N) is 3. The first-order chi connectivity index (χ1) is 17.5. The van der Waals surface area contributed by atoms with E-state index in [4.69, 9.17) is 9.47 Å². The number of carbonyl (C=O) groups excluding carboxylic acids is 1. The SMILES string of the molecule is COc1ccc([C@H](CC(=O)c2cc(F)c3cnc(NC4CCOCC4)nc3c2)c2ncc[nH]2)cc1F. The smallest absolute Gasteiger partial charge is 0.223 e. The minimum atomic E-state index is -0.585. The van der Waals surface area contributed by atoms with Crippen molar-refractivity contribution in [3.05, 3.63) is 77.5 Å². The number of hydrogen-bond donors (Lipinski definition) is 2. The highest BCUT2D eigenvalue weighted by atomic mass is 19.1. The first-order valence-electron chi connectivity index (χ1n) is 11.7. The molecule has 36 heavy (non-hydrogen) atoms. The summed E-state index contributed by atoms with van der Waals surface area (Å²) in [7, 11) is 1.38. The number of aromatic nitrogens is 4. The third-order valence-electron chi connectivity index (χ3n) is 6.34. The van der Waals surface area contributed by atoms with Gasteiger partial charge in [0.2, 0.25) is 5.95 Å². The Kier molecular flexibility index (Phi) is 6.86. The van der Waals surface area contributed by atoms with Crippen LogP contribution in [0.1, 0.15) is 46.9 Å². The van der Waals surface area contributed by atoms with Gasteiger partial charge in [-0.15, -0.1) is 0 Å². The molecule has 0 unspecified atom stereocenters. The first kappa shape index (κ1) is 23.8. The van der Waals surface area contributed by atoms with Crippen LogP contribution in [-0.2, 0) is 4.74 Å². The summed E-state index contributed by atoms with van der Waals surface area (Å²) in [6.45, 7) is 1.32. The van der Waals surface area contributed by atoms with Crippen molar-refractivity contribution in [3.63, 3.8) is 0 Å². The summed E-state index contributed by atoms with van der Waals surface area (Å²) < 4.78 is 39.7. The van der Waals surface area contributed by atoms with Gasteiger partial charge in [-0.1, -0.05) is 6.07 Å². The number of ketones is 1. The molecule has 3 heterocycles. The molecule has 0 saturated carbocycles. The summed E-state index contributed by atoms with van der Waals surface area (Å²) in [6, 6.07) is 7.43. The van der Waals surface area contributed by atoms with Gasteiger partial charge < -0.3 is 19.8 Å². The molecule has 186 valence electrons. The number of methoxy groups -OCH3 is 1. The summed E-state index contributed by atoms with van der Waals surface area (Å²) in [5.41, 5.74) is 1.04. The van der Waals surface area contributed by atoms with E-state index in [9.17, 15) is 13.6 Å². The van der Waals surface area contributed by atoms with Crippen molar-refractivity contribution in [2.75, 3.05) is 25.6 Å². The fourth-order valence-corrected chi connectivity index (χ4v) is 4.39. The van der Waals surface area contributed by atoms with Gasteiger partial charge in [0.05, 0.1) is 18.0 Å². The lowest BCUT2D eigenvalue weighted by molar-refractivity contribution is 0.0903. The Morgan fingerprint density at radius 2 is 2.03 bits per heavy atom. The highest BCUT2D eigenvalue weighted by Gasteiger charge is 2.24. The highest BCUT2D eigenvalue weighted by Crippen LogP contribution is 2.31. The summed E-state index contributed by atoms with van der Waals surface area (Å²) in [4.78, 5) is 29.3. The lowest BCUT2D eigenvalue weighted by atomic mass is 9.90. The number of Topliss-reactive ketones (excluding diaryl/α,β-unsaturated/α-hetero) is 1. The molecule has 1 aliphatic heterocycles. The Labute approximate surface area is 206 Å². The second kappa shape index (κ2) is 10.4. The predicted molar refractivity (Wildman–Crippen MR) is 129 cm³/mol. The van der Waals surface area contributed by atoms with Gasteiger partial charge in [-0.05, 0) is 42.7 Å². The van der Waals surface area contributed by atoms with Crippen LogP contribution in [0.25, 0.3) is 10.9 Å². The number of aromatic amines is 1. The number of imidazole rings is 1. The molecule has 0 aliphatic carbocycles. The normalized spacial score (nSPS) is 15.1. The van der Waals surface area contributed by atoms with Crippen LogP contribution in [0.3, 0.4) is 0 Å². The number of nitrogens with one attached hydrogen (secondary N) is 2. The zero-order chi connectivity index (χ0) is 25.1. The van der Waals surface area contributed by atoms with Gasteiger partial charge >= 0.3 is 0 Å². The van der Waals surface area contributed by atoms with Crippen LogP contribution in [0.2, 0.25) is 0 Å². The Balaban J connectivity index is 1.43. The predicted octanol–water partition coefficient (Wildman–Crippen LogP) is 4.64. The topological polar surface area (TPSA) is 102 Å². The minimum Gasteiger partial charge on any atom is -0.494 e. The summed E-state index contributed by atoms with van der Waals surface area (Å²) in [5.74, 6) is -1.05. The first-order valence-corrected chi connectivity index (χ1v) is 11.7. The van der Waals surface area contributed by atoms with Gasteiger partial charge in [-0.2, -0.15) is 0 Å². The number of carbonyl (C=O) groups is 1. The maximum atomic E-state index is 14.9. The van der Waals surface area contributed by atoms with E-state index in [1.807, 2.05) is 0 Å². The Hall–Kier alpha value is -3.92. The largest absolute Gasteiger partial charge is 0.494 e. The number of anilines is 1. The van der Waals surface area contributed by atoms with Crippen LogP contribution in [0.5, 0.6) is 5.75 Å². The Morgan fingerprint density at radius 1 is 1.19 bits per heavy atom. The lowest BCUT2D eigenvalue weighted by Crippen LogP contribution is -2.28. The second-order valence-electron chi connectivity index (χ2n) is 8.66. The van der Waals surface area contributed by atoms with Crippen molar-refractivity contribution < 1.29 is 23.0 Å². The molecular weight excluding hydrogens is 468 g/mol. The van der Waals surface area contributed by atoms with E-state index in [2.05, 4.69) is 25.3 Å². The summed E-state index contributed by atoms with van der Waals surface area (Å²) in [5, 5.41) is 3.49. The van der Waals surface area contributed by atoms with Crippen LogP contribution in [-0.4, -0.2) is 52.1 Å². The Bertz CT molecular complexity index is 1370. The minimum absolute atomic E-state index is 0.0531. The number of halogens is 2. The van der Waals surface area contributed by atoms with E-state index >= 15 is 0 Å². The lowest BCUT2D eigenvalue weighted by Gasteiger charge is -2.23. The van der Waals surface area contributed by atoms with Gasteiger partial charge in [0.15, 0.2) is 17.3 Å². The summed E-state index contributed by atoms with van der Waals surface area (Å²) >= 11 is 0. The standard InChI is InChI=1S/C26H25F2N5O3/c1-35-24-3-2-15(10-21(24)28)18(25-29-6-7-30-25)13-23(34)16-11-20(27)19-14-31-26(33-22(19)12-16)32-17-4-8-36-9-5-17/h2-3,6-7,10-12,14,17-18H,4-5,8-9,13H2,1H3,(H,29,30)(H,31,32,33)/t18-/m0/s1. The molecule has 1 fully saturated rings. The monoisotopic (exact) mass is 493 g/mol. The van der Waals surface area contributed by atoms with Gasteiger partial charge in [0, 0.05) is 55.7 Å². The van der Waals surface area contributed by atoms with E-state index in [1.165, 1.54) is 31.5 Å². The second-order valence-corrected chi connectivity index (χ2v) is 8.66. The van der Waals surface area contributed by atoms with Crippen molar-refractivity contribution in [1.82, 2.24) is 19.9 Å². The van der Waals surface area contributed by atoms with Crippen molar-refractivity contribution in [2.45, 2.75) is 31.2 Å². The zero-order valence-corrected chi connectivity index (χ0v) is 19.6. The number of rotatable bonds is 8. The molecule has 2 aromatic heterocycles. The molecular formula is C26H25F2N5O3. The van der Waals surface area contributed by atoms with Crippen LogP contribution in [0.15, 0.2) is 48.9 Å².